The Morgan fingerprint density at radius 3 is 1.34 bits per heavy atom. The van der Waals surface area contributed by atoms with Crippen LogP contribution in [-0.4, -0.2) is 56.5 Å². The van der Waals surface area contributed by atoms with Gasteiger partial charge in [0.1, 0.15) is 5.60 Å². The molecule has 2 aliphatic carbocycles. The summed E-state index contributed by atoms with van der Waals surface area (Å²) in [5.74, 6) is -8.55. The number of alkyl halides is 4. The van der Waals surface area contributed by atoms with E-state index in [1.165, 1.54) is 53.7 Å². The first-order valence-corrected chi connectivity index (χ1v) is 26.2. The molecular weight excluding hydrogens is 989 g/mol. The molecule has 0 unspecified atom stereocenters. The number of hydrogen-bond acceptors (Lipinski definition) is 13. The molecule has 4 aromatic heterocycles. The van der Waals surface area contributed by atoms with E-state index in [1.54, 1.807) is 0 Å². The zero-order chi connectivity index (χ0) is 55.1. The molecule has 1 N–H and O–H groups in total. The second-order valence-corrected chi connectivity index (χ2v) is 23.1. The van der Waals surface area contributed by atoms with Crippen molar-refractivity contribution in [2.75, 3.05) is 13.2 Å². The summed E-state index contributed by atoms with van der Waals surface area (Å²) in [6.07, 6.45) is 6.12. The van der Waals surface area contributed by atoms with Crippen molar-refractivity contribution in [3.05, 3.63) is 118 Å². The molecule has 14 nitrogen and oxygen atoms in total. The van der Waals surface area contributed by atoms with E-state index in [9.17, 15) is 32.3 Å². The number of hydrogen-bond donors (Lipinski definition) is 1. The van der Waals surface area contributed by atoms with Crippen LogP contribution in [0.1, 0.15) is 195 Å². The van der Waals surface area contributed by atoms with Crippen molar-refractivity contribution in [2.24, 2.45) is 10.8 Å². The van der Waals surface area contributed by atoms with Crippen LogP contribution in [0.4, 0.5) is 17.6 Å². The van der Waals surface area contributed by atoms with Gasteiger partial charge in [0.25, 0.3) is 0 Å². The SMILES string of the molecule is CC(C)(C)C(F)(F)c1cc(-c2onc([C@@H](CCCOCc3ccccc3)CC(=O)O)c2C2CC2)no1.CC(C)(C)OC(=O)C[C@H](CCCOCc1ccccc1)c1noc(-c2cc(C(F)(F)C(C)(C)C)on2)c1C1CC1. The number of carboxylic acid groups (broad SMARTS) is 1. The van der Waals surface area contributed by atoms with Gasteiger partial charge in [-0.15, -0.1) is 0 Å². The third-order valence-electron chi connectivity index (χ3n) is 13.4. The van der Waals surface area contributed by atoms with Gasteiger partial charge in [-0.3, -0.25) is 9.59 Å². The van der Waals surface area contributed by atoms with E-state index in [2.05, 4.69) is 20.6 Å². The average molecular weight is 1060 g/mol. The van der Waals surface area contributed by atoms with Gasteiger partial charge >= 0.3 is 23.8 Å². The van der Waals surface area contributed by atoms with Gasteiger partial charge in [-0.1, -0.05) is 123 Å². The molecule has 76 heavy (non-hydrogen) atoms. The summed E-state index contributed by atoms with van der Waals surface area (Å²) in [6, 6.07) is 22.2. The fourth-order valence-electron chi connectivity index (χ4n) is 8.77. The van der Waals surface area contributed by atoms with Gasteiger partial charge in [0.05, 0.1) is 37.4 Å². The van der Waals surface area contributed by atoms with Crippen LogP contribution in [0.2, 0.25) is 0 Å². The first kappa shape index (κ1) is 57.6. The van der Waals surface area contributed by atoms with Crippen LogP contribution in [0.15, 0.2) is 90.9 Å². The molecular formula is C58H72F4N4O10. The van der Waals surface area contributed by atoms with Crippen molar-refractivity contribution < 1.29 is 64.6 Å². The van der Waals surface area contributed by atoms with Gasteiger partial charge in [-0.25, -0.2) is 0 Å². The van der Waals surface area contributed by atoms with Gasteiger partial charge in [0.15, 0.2) is 22.9 Å². The Morgan fingerprint density at radius 1 is 0.592 bits per heavy atom. The van der Waals surface area contributed by atoms with Gasteiger partial charge in [0, 0.05) is 59.1 Å². The number of esters is 1. The van der Waals surface area contributed by atoms with Gasteiger partial charge in [-0.05, 0) is 95.1 Å². The average Bonchev–Trinajstić information content (AvgIpc) is 4.11. The normalized spacial score (nSPS) is 15.3. The zero-order valence-electron chi connectivity index (χ0n) is 45.1. The molecule has 0 spiro atoms. The second kappa shape index (κ2) is 24.0. The van der Waals surface area contributed by atoms with E-state index in [0.717, 1.165) is 47.9 Å². The van der Waals surface area contributed by atoms with E-state index in [-0.39, 0.29) is 53.7 Å². The lowest BCUT2D eigenvalue weighted by molar-refractivity contribution is -0.155. The summed E-state index contributed by atoms with van der Waals surface area (Å²) in [4.78, 5) is 24.5. The first-order valence-electron chi connectivity index (χ1n) is 26.2. The van der Waals surface area contributed by atoms with Crippen molar-refractivity contribution in [3.8, 4) is 22.9 Å². The van der Waals surface area contributed by atoms with Crippen LogP contribution >= 0.6 is 0 Å². The molecule has 0 amide bonds. The highest BCUT2D eigenvalue weighted by molar-refractivity contribution is 5.72. The lowest BCUT2D eigenvalue weighted by Crippen LogP contribution is -2.30. The molecule has 2 aliphatic rings. The number of benzene rings is 2. The Bertz CT molecular complexity index is 2810. The highest BCUT2D eigenvalue weighted by Crippen LogP contribution is 2.52. The fraction of sp³-hybridized carbons (Fsp3) is 0.552. The van der Waals surface area contributed by atoms with Crippen LogP contribution in [0.5, 0.6) is 0 Å². The molecule has 6 aromatic rings. The van der Waals surface area contributed by atoms with E-state index >= 15 is 0 Å². The van der Waals surface area contributed by atoms with E-state index in [0.29, 0.717) is 69.3 Å². The van der Waals surface area contributed by atoms with E-state index in [4.69, 9.17) is 32.3 Å². The predicted octanol–water partition coefficient (Wildman–Crippen LogP) is 15.1. The quantitative estimate of drug-likeness (QED) is 0.0343. The van der Waals surface area contributed by atoms with Crippen LogP contribution in [0, 0.1) is 10.8 Å². The minimum atomic E-state index is -3.23. The van der Waals surface area contributed by atoms with Crippen LogP contribution in [0.3, 0.4) is 0 Å². The highest BCUT2D eigenvalue weighted by Gasteiger charge is 2.50. The number of carbonyl (C=O) groups is 2. The number of rotatable bonds is 24. The Kier molecular flexibility index (Phi) is 18.2. The van der Waals surface area contributed by atoms with Gasteiger partial charge < -0.3 is 37.4 Å². The molecule has 0 bridgehead atoms. The highest BCUT2D eigenvalue weighted by atomic mass is 19.3. The number of halogens is 4. The van der Waals surface area contributed by atoms with Crippen LogP contribution in [-0.2, 0) is 48.9 Å². The fourth-order valence-corrected chi connectivity index (χ4v) is 8.77. The summed E-state index contributed by atoms with van der Waals surface area (Å²) in [5, 5.41) is 25.9. The van der Waals surface area contributed by atoms with Crippen molar-refractivity contribution in [3.63, 3.8) is 0 Å². The van der Waals surface area contributed by atoms with E-state index < -0.39 is 51.7 Å². The molecule has 18 heteroatoms. The summed E-state index contributed by atoms with van der Waals surface area (Å²) >= 11 is 0. The monoisotopic (exact) mass is 1060 g/mol. The molecule has 0 saturated heterocycles. The maximum absolute atomic E-state index is 14.9. The van der Waals surface area contributed by atoms with Crippen LogP contribution < -0.4 is 0 Å². The Morgan fingerprint density at radius 2 is 0.987 bits per heavy atom. The molecule has 0 aliphatic heterocycles. The first-order chi connectivity index (χ1) is 35.8. The number of nitrogens with zero attached hydrogens (tertiary/aromatic N) is 4. The number of aromatic nitrogens is 4. The number of aliphatic carboxylic acids is 1. The number of carbonyl (C=O) groups excluding carboxylic acids is 1. The smallest absolute Gasteiger partial charge is 0.312 e. The van der Waals surface area contributed by atoms with Gasteiger partial charge in [0.2, 0.25) is 11.5 Å². The Labute approximate surface area is 441 Å². The summed E-state index contributed by atoms with van der Waals surface area (Å²) in [6.45, 7) is 16.1. The molecule has 0 radical (unpaired) electrons. The standard InChI is InChI=1S/C31H40F2N2O5.C27H32F2N2O5/c1-29(2,3)31(32,33)24-18-23(34-39-24)28-26(21-14-15-21)27(35-40-28)22(17-25(36)38-30(4,5)6)13-10-16-37-19-20-11-8-7-9-12-20;1-26(2,3)27(28,29)21-15-20(30-35-21)25-23(18-11-12-18)24(31-36-25)19(14-22(32)33)10-7-13-34-16-17-8-5-4-6-9-17/h7-9,11-12,18,21-22H,10,13-17,19H2,1-6H3;4-6,8-9,15,18-19H,7,10-14,16H2,1-3H3,(H,32,33)/t22-;19-/m00/s1. The number of ether oxygens (including phenoxy) is 3. The summed E-state index contributed by atoms with van der Waals surface area (Å²) in [5.41, 5.74) is 1.95. The van der Waals surface area contributed by atoms with Crippen molar-refractivity contribution in [1.29, 1.82) is 0 Å². The van der Waals surface area contributed by atoms with Crippen LogP contribution in [0.25, 0.3) is 22.9 Å². The Balaban J connectivity index is 0.000000222. The van der Waals surface area contributed by atoms with Gasteiger partial charge in [-0.2, -0.15) is 17.6 Å². The molecule has 2 fully saturated rings. The maximum atomic E-state index is 14.9. The maximum Gasteiger partial charge on any atom is 0.312 e. The summed E-state index contributed by atoms with van der Waals surface area (Å²) < 4.78 is 98.2. The zero-order valence-corrected chi connectivity index (χ0v) is 45.1. The summed E-state index contributed by atoms with van der Waals surface area (Å²) in [7, 11) is 0. The molecule has 2 saturated carbocycles. The minimum absolute atomic E-state index is 0.115. The topological polar surface area (TPSA) is 186 Å². The van der Waals surface area contributed by atoms with E-state index in [1.807, 2.05) is 81.4 Å². The second-order valence-electron chi connectivity index (χ2n) is 23.1. The molecule has 8 rings (SSSR count). The minimum Gasteiger partial charge on any atom is -0.481 e. The molecule has 4 heterocycles. The van der Waals surface area contributed by atoms with Crippen molar-refractivity contribution in [1.82, 2.24) is 20.6 Å². The molecule has 2 aromatic carbocycles. The van der Waals surface area contributed by atoms with Crippen molar-refractivity contribution in [2.45, 2.75) is 181 Å². The third-order valence-corrected chi connectivity index (χ3v) is 13.4. The number of carboxylic acids is 1. The molecule has 412 valence electrons. The molecule has 2 atom stereocenters. The third kappa shape index (κ3) is 14.9. The largest absolute Gasteiger partial charge is 0.481 e. The lowest BCUT2D eigenvalue weighted by atomic mass is 9.86. The Hall–Kier alpha value is -6.14. The lowest BCUT2D eigenvalue weighted by Gasteiger charge is -2.27. The predicted molar refractivity (Wildman–Crippen MR) is 274 cm³/mol. The van der Waals surface area contributed by atoms with Crippen molar-refractivity contribution >= 4 is 11.9 Å².